The molecule has 82 valence electrons. The molecular weight excluding hydrogens is 244 g/mol. The van der Waals surface area contributed by atoms with E-state index in [1.54, 1.807) is 0 Å². The molecule has 2 N–H and O–H groups in total. The molecule has 0 aromatic carbocycles. The zero-order valence-electron chi connectivity index (χ0n) is 7.37. The van der Waals surface area contributed by atoms with Crippen LogP contribution >= 0.6 is 11.3 Å². The van der Waals surface area contributed by atoms with Gasteiger partial charge in [0, 0.05) is 0 Å². The van der Waals surface area contributed by atoms with Gasteiger partial charge in [0.15, 0.2) is 0 Å². The summed E-state index contributed by atoms with van der Waals surface area (Å²) in [6, 6.07) is 0. The number of primary sulfonamides is 1. The normalized spacial score (nSPS) is 12.8. The molecule has 0 spiro atoms. The highest BCUT2D eigenvalue weighted by Gasteiger charge is 2.14. The minimum Gasteiger partial charge on any atom is -0.543 e. The molecule has 0 saturated carbocycles. The lowest BCUT2D eigenvalue weighted by Crippen LogP contribution is -2.29. The zero-order valence-corrected chi connectivity index (χ0v) is 9.00. The van der Waals surface area contributed by atoms with Gasteiger partial charge in [0.25, 0.3) is 10.0 Å². The fourth-order valence-electron chi connectivity index (χ4n) is 0.552. The van der Waals surface area contributed by atoms with Crippen LogP contribution in [0.5, 0.6) is 0 Å². The van der Waals surface area contributed by atoms with E-state index < -0.39 is 20.3 Å². The summed E-state index contributed by atoms with van der Waals surface area (Å²) in [4.78, 5) is 13.8. The second-order valence-electron chi connectivity index (χ2n) is 2.38. The molecule has 0 bridgehead atoms. The summed E-state index contributed by atoms with van der Waals surface area (Å²) in [7, 11) is -3.93. The molecule has 10 heteroatoms. The average Bonchev–Trinajstić information content (AvgIpc) is 2.51. The number of hydrogen-bond donors (Lipinski definition) is 1. The Morgan fingerprint density at radius 1 is 1.53 bits per heavy atom. The Morgan fingerprint density at radius 3 is 2.53 bits per heavy atom. The van der Waals surface area contributed by atoms with E-state index in [2.05, 4.69) is 15.2 Å². The number of sulfonamides is 1. The molecular formula is C5H5N4O4S2-. The Kier molecular flexibility index (Phi) is 3.12. The molecule has 1 aromatic heterocycles. The van der Waals surface area contributed by atoms with Crippen molar-refractivity contribution in [1.82, 2.24) is 10.2 Å². The SMILES string of the molecule is CC(=Nc1nnc(S(N)(=O)=O)s1)C(=O)[O-]. The van der Waals surface area contributed by atoms with Crippen LogP contribution in [0.3, 0.4) is 0 Å². The van der Waals surface area contributed by atoms with E-state index in [-0.39, 0.29) is 10.8 Å². The lowest BCUT2D eigenvalue weighted by molar-refractivity contribution is -0.294. The molecule has 0 fully saturated rings. The van der Waals surface area contributed by atoms with Crippen molar-refractivity contribution in [3.63, 3.8) is 0 Å². The van der Waals surface area contributed by atoms with Crippen LogP contribution < -0.4 is 10.2 Å². The second kappa shape index (κ2) is 4.00. The fourth-order valence-corrected chi connectivity index (χ4v) is 1.90. The Balaban J connectivity index is 3.06. The number of carbonyl (C=O) groups excluding carboxylic acids is 1. The van der Waals surface area contributed by atoms with E-state index in [0.717, 1.165) is 0 Å². The van der Waals surface area contributed by atoms with Gasteiger partial charge >= 0.3 is 0 Å². The van der Waals surface area contributed by atoms with E-state index in [1.807, 2.05) is 0 Å². The number of carboxylic acids is 1. The van der Waals surface area contributed by atoms with Gasteiger partial charge in [-0.3, -0.25) is 0 Å². The molecule has 1 rings (SSSR count). The monoisotopic (exact) mass is 249 g/mol. The number of aliphatic carboxylic acids is 1. The number of aromatic nitrogens is 2. The second-order valence-corrected chi connectivity index (χ2v) is 5.07. The summed E-state index contributed by atoms with van der Waals surface area (Å²) >= 11 is 0.572. The van der Waals surface area contributed by atoms with Crippen LogP contribution in [0.2, 0.25) is 0 Å². The maximum atomic E-state index is 10.8. The van der Waals surface area contributed by atoms with E-state index >= 15 is 0 Å². The molecule has 0 saturated heterocycles. The molecule has 15 heavy (non-hydrogen) atoms. The fraction of sp³-hybridized carbons (Fsp3) is 0.200. The van der Waals surface area contributed by atoms with E-state index in [9.17, 15) is 18.3 Å². The van der Waals surface area contributed by atoms with Crippen molar-refractivity contribution in [2.75, 3.05) is 0 Å². The smallest absolute Gasteiger partial charge is 0.267 e. The van der Waals surface area contributed by atoms with Crippen LogP contribution in [0.15, 0.2) is 9.33 Å². The lowest BCUT2D eigenvalue weighted by Gasteiger charge is -1.96. The summed E-state index contributed by atoms with van der Waals surface area (Å²) in [5.41, 5.74) is -0.327. The predicted octanol–water partition coefficient (Wildman–Crippen LogP) is -1.97. The van der Waals surface area contributed by atoms with Gasteiger partial charge < -0.3 is 9.90 Å². The quantitative estimate of drug-likeness (QED) is 0.616. The predicted molar refractivity (Wildman–Crippen MR) is 49.1 cm³/mol. The Labute approximate surface area is 88.5 Å². The number of hydrogen-bond acceptors (Lipinski definition) is 8. The molecule has 0 atom stereocenters. The standard InChI is InChI=1S/C5H6N4O4S2/c1-2(3(10)11)7-4-8-9-5(14-4)15(6,12)13/h1H3,(H,10,11)(H2,6,12,13)/p-1. The molecule has 0 unspecified atom stereocenters. The first-order chi connectivity index (χ1) is 6.80. The van der Waals surface area contributed by atoms with Crippen molar-refractivity contribution in [3.05, 3.63) is 0 Å². The molecule has 0 aliphatic rings. The van der Waals surface area contributed by atoms with Crippen LogP contribution in [-0.2, 0) is 14.8 Å². The van der Waals surface area contributed by atoms with Crippen LogP contribution in [0.1, 0.15) is 6.92 Å². The van der Waals surface area contributed by atoms with E-state index in [1.165, 1.54) is 6.92 Å². The third-order valence-corrected chi connectivity index (χ3v) is 3.33. The van der Waals surface area contributed by atoms with E-state index in [0.29, 0.717) is 11.3 Å². The van der Waals surface area contributed by atoms with Gasteiger partial charge in [0.1, 0.15) is 0 Å². The molecule has 1 heterocycles. The van der Waals surface area contributed by atoms with Crippen molar-refractivity contribution in [3.8, 4) is 0 Å². The highest BCUT2D eigenvalue weighted by molar-refractivity contribution is 7.91. The highest BCUT2D eigenvalue weighted by Crippen LogP contribution is 2.21. The molecule has 1 aromatic rings. The molecule has 0 amide bonds. The van der Waals surface area contributed by atoms with Crippen molar-refractivity contribution >= 4 is 38.2 Å². The molecule has 0 radical (unpaired) electrons. The van der Waals surface area contributed by atoms with Crippen molar-refractivity contribution in [2.45, 2.75) is 11.3 Å². The summed E-state index contributed by atoms with van der Waals surface area (Å²) in [5, 5.41) is 21.5. The lowest BCUT2D eigenvalue weighted by atomic mass is 10.4. The molecule has 0 aliphatic carbocycles. The van der Waals surface area contributed by atoms with Gasteiger partial charge in [0.2, 0.25) is 9.47 Å². The summed E-state index contributed by atoms with van der Waals surface area (Å²) in [5.74, 6) is -1.47. The van der Waals surface area contributed by atoms with Crippen LogP contribution in [0.4, 0.5) is 5.13 Å². The van der Waals surface area contributed by atoms with E-state index in [4.69, 9.17) is 5.14 Å². The van der Waals surface area contributed by atoms with Gasteiger partial charge in [-0.05, 0) is 6.92 Å². The number of nitrogens with two attached hydrogens (primary N) is 1. The third-order valence-electron chi connectivity index (χ3n) is 1.20. The molecule has 8 nitrogen and oxygen atoms in total. The number of nitrogens with zero attached hydrogens (tertiary/aromatic N) is 3. The minimum atomic E-state index is -3.93. The first kappa shape index (κ1) is 11.7. The first-order valence-electron chi connectivity index (χ1n) is 3.43. The zero-order chi connectivity index (χ0) is 11.6. The van der Waals surface area contributed by atoms with Gasteiger partial charge in [-0.2, -0.15) is 0 Å². The first-order valence-corrected chi connectivity index (χ1v) is 5.80. The van der Waals surface area contributed by atoms with Crippen LogP contribution in [0, 0.1) is 0 Å². The number of rotatable bonds is 3. The van der Waals surface area contributed by atoms with Crippen molar-refractivity contribution < 1.29 is 18.3 Å². The largest absolute Gasteiger partial charge is 0.543 e. The van der Waals surface area contributed by atoms with Gasteiger partial charge in [-0.1, -0.05) is 11.3 Å². The number of carbonyl (C=O) groups is 1. The number of carboxylic acid groups (broad SMARTS) is 1. The third kappa shape index (κ3) is 3.04. The average molecular weight is 249 g/mol. The number of aliphatic imine (C=N–C) groups is 1. The van der Waals surface area contributed by atoms with Gasteiger partial charge in [-0.15, -0.1) is 10.2 Å². The Morgan fingerprint density at radius 2 is 2.13 bits per heavy atom. The highest BCUT2D eigenvalue weighted by atomic mass is 32.2. The Hall–Kier alpha value is -1.39. The van der Waals surface area contributed by atoms with Gasteiger partial charge in [0.05, 0.1) is 11.7 Å². The summed E-state index contributed by atoms with van der Waals surface area (Å²) < 4.78 is 21.1. The van der Waals surface area contributed by atoms with Crippen LogP contribution in [0.25, 0.3) is 0 Å². The summed E-state index contributed by atoms with van der Waals surface area (Å²) in [6.07, 6.45) is 0. The topological polar surface area (TPSA) is 138 Å². The van der Waals surface area contributed by atoms with Crippen molar-refractivity contribution in [2.24, 2.45) is 10.1 Å². The maximum Gasteiger partial charge on any atom is 0.267 e. The van der Waals surface area contributed by atoms with Crippen LogP contribution in [-0.4, -0.2) is 30.3 Å². The van der Waals surface area contributed by atoms with Crippen molar-refractivity contribution in [1.29, 1.82) is 0 Å². The summed E-state index contributed by atoms with van der Waals surface area (Å²) in [6.45, 7) is 1.19. The maximum absolute atomic E-state index is 10.8. The van der Waals surface area contributed by atoms with Gasteiger partial charge in [-0.25, -0.2) is 18.5 Å². The minimum absolute atomic E-state index is 0.110. The Bertz CT molecular complexity index is 517. The molecule has 0 aliphatic heterocycles.